The molecule has 1 aliphatic rings. The fraction of sp³-hybridized carbons (Fsp3) is 0.300. The van der Waals surface area contributed by atoms with Gasteiger partial charge in [-0.15, -0.1) is 0 Å². The van der Waals surface area contributed by atoms with Gasteiger partial charge in [-0.3, -0.25) is 9.59 Å². The van der Waals surface area contributed by atoms with Crippen molar-refractivity contribution in [3.8, 4) is 5.75 Å². The summed E-state index contributed by atoms with van der Waals surface area (Å²) >= 11 is 0. The summed E-state index contributed by atoms with van der Waals surface area (Å²) < 4.78 is 5.14. The number of carbonyl (C=O) groups is 2. The minimum Gasteiger partial charge on any atom is -0.497 e. The van der Waals surface area contributed by atoms with Crippen LogP contribution in [0.25, 0.3) is 0 Å². The van der Waals surface area contributed by atoms with E-state index in [0.717, 1.165) is 28.3 Å². The summed E-state index contributed by atoms with van der Waals surface area (Å²) in [4.78, 5) is 26.6. The number of aryl methyl sites for hydroxylation is 2. The molecule has 0 aromatic heterocycles. The van der Waals surface area contributed by atoms with Crippen LogP contribution in [0.5, 0.6) is 5.75 Å². The molecule has 1 unspecified atom stereocenters. The summed E-state index contributed by atoms with van der Waals surface area (Å²) in [6.07, 6.45) is 0.225. The second kappa shape index (κ2) is 6.97. The third-order valence-corrected chi connectivity index (χ3v) is 4.61. The molecule has 3 rings (SSSR count). The lowest BCUT2D eigenvalue weighted by atomic mass is 10.1. The zero-order valence-corrected chi connectivity index (χ0v) is 14.7. The standard InChI is InChI=1S/C20H22N2O3/c1-13-5-4-6-14(2)19(13)21-20(24)15-11-18(23)22(12-15)16-7-9-17(25-3)10-8-16/h4-10,15H,11-12H2,1-3H3,(H,21,24). The maximum atomic E-state index is 12.6. The summed E-state index contributed by atoms with van der Waals surface area (Å²) in [5.74, 6) is 0.238. The van der Waals surface area contributed by atoms with Gasteiger partial charge in [0.2, 0.25) is 11.8 Å². The molecule has 0 aliphatic carbocycles. The Hall–Kier alpha value is -2.82. The van der Waals surface area contributed by atoms with Crippen LogP contribution in [0.2, 0.25) is 0 Å². The van der Waals surface area contributed by atoms with Crippen LogP contribution < -0.4 is 15.0 Å². The molecular formula is C20H22N2O3. The molecule has 5 heteroatoms. The molecule has 130 valence electrons. The van der Waals surface area contributed by atoms with Gasteiger partial charge in [-0.1, -0.05) is 18.2 Å². The normalized spacial score (nSPS) is 16.8. The predicted octanol–water partition coefficient (Wildman–Crippen LogP) is 3.30. The number of carbonyl (C=O) groups excluding carboxylic acids is 2. The lowest BCUT2D eigenvalue weighted by Gasteiger charge is -2.18. The van der Waals surface area contributed by atoms with E-state index in [4.69, 9.17) is 4.74 Å². The summed E-state index contributed by atoms with van der Waals surface area (Å²) in [6.45, 7) is 4.32. The molecule has 5 nitrogen and oxygen atoms in total. The highest BCUT2D eigenvalue weighted by Crippen LogP contribution is 2.28. The third kappa shape index (κ3) is 3.50. The minimum absolute atomic E-state index is 0.0353. The van der Waals surface area contributed by atoms with E-state index in [1.54, 1.807) is 12.0 Å². The van der Waals surface area contributed by atoms with E-state index in [1.165, 1.54) is 0 Å². The number of hydrogen-bond donors (Lipinski definition) is 1. The van der Waals surface area contributed by atoms with Crippen LogP contribution >= 0.6 is 0 Å². The van der Waals surface area contributed by atoms with Gasteiger partial charge >= 0.3 is 0 Å². The monoisotopic (exact) mass is 338 g/mol. The first kappa shape index (κ1) is 17.0. The van der Waals surface area contributed by atoms with Gasteiger partial charge in [0.05, 0.1) is 13.0 Å². The molecule has 1 aliphatic heterocycles. The SMILES string of the molecule is COc1ccc(N2CC(C(=O)Nc3c(C)cccc3C)CC2=O)cc1. The van der Waals surface area contributed by atoms with Gasteiger partial charge in [-0.05, 0) is 49.2 Å². The molecule has 0 saturated carbocycles. The van der Waals surface area contributed by atoms with Crippen LogP contribution in [-0.2, 0) is 9.59 Å². The zero-order chi connectivity index (χ0) is 18.0. The quantitative estimate of drug-likeness (QED) is 0.930. The van der Waals surface area contributed by atoms with E-state index in [2.05, 4.69) is 5.32 Å². The molecule has 1 atom stereocenters. The van der Waals surface area contributed by atoms with Crippen molar-refractivity contribution < 1.29 is 14.3 Å². The number of para-hydroxylation sites is 1. The van der Waals surface area contributed by atoms with Gasteiger partial charge in [0.1, 0.15) is 5.75 Å². The molecule has 25 heavy (non-hydrogen) atoms. The molecule has 1 heterocycles. The maximum absolute atomic E-state index is 12.6. The number of ether oxygens (including phenoxy) is 1. The molecule has 2 amide bonds. The number of benzene rings is 2. The fourth-order valence-electron chi connectivity index (χ4n) is 3.13. The second-order valence-electron chi connectivity index (χ2n) is 6.36. The van der Waals surface area contributed by atoms with E-state index in [9.17, 15) is 9.59 Å². The molecule has 0 radical (unpaired) electrons. The summed E-state index contributed by atoms with van der Waals surface area (Å²) in [6, 6.07) is 13.2. The molecule has 1 N–H and O–H groups in total. The van der Waals surface area contributed by atoms with Gasteiger partial charge in [-0.25, -0.2) is 0 Å². The number of hydrogen-bond acceptors (Lipinski definition) is 3. The van der Waals surface area contributed by atoms with Crippen molar-refractivity contribution in [2.75, 3.05) is 23.9 Å². The molecule has 2 aromatic carbocycles. The third-order valence-electron chi connectivity index (χ3n) is 4.61. The fourth-order valence-corrected chi connectivity index (χ4v) is 3.13. The van der Waals surface area contributed by atoms with E-state index < -0.39 is 0 Å². The van der Waals surface area contributed by atoms with Crippen molar-refractivity contribution in [1.82, 2.24) is 0 Å². The number of nitrogens with one attached hydrogen (secondary N) is 1. The summed E-state index contributed by atoms with van der Waals surface area (Å²) in [7, 11) is 1.60. The Morgan fingerprint density at radius 1 is 1.12 bits per heavy atom. The van der Waals surface area contributed by atoms with Gasteiger partial charge in [0.25, 0.3) is 0 Å². The summed E-state index contributed by atoms with van der Waals surface area (Å²) in [5, 5.41) is 2.99. The van der Waals surface area contributed by atoms with Crippen LogP contribution in [0.4, 0.5) is 11.4 Å². The number of methoxy groups -OCH3 is 1. The van der Waals surface area contributed by atoms with Crippen molar-refractivity contribution >= 4 is 23.2 Å². The zero-order valence-electron chi connectivity index (χ0n) is 14.7. The van der Waals surface area contributed by atoms with E-state index in [0.29, 0.717) is 6.54 Å². The number of anilines is 2. The smallest absolute Gasteiger partial charge is 0.229 e. The van der Waals surface area contributed by atoms with Gasteiger partial charge < -0.3 is 15.0 Å². The van der Waals surface area contributed by atoms with Gasteiger partial charge in [0.15, 0.2) is 0 Å². The number of rotatable bonds is 4. The lowest BCUT2D eigenvalue weighted by Crippen LogP contribution is -2.28. The Labute approximate surface area is 147 Å². The Kier molecular flexibility index (Phi) is 4.74. The second-order valence-corrected chi connectivity index (χ2v) is 6.36. The molecule has 1 fully saturated rings. The van der Waals surface area contributed by atoms with Crippen LogP contribution in [0.15, 0.2) is 42.5 Å². The Morgan fingerprint density at radius 3 is 2.36 bits per heavy atom. The van der Waals surface area contributed by atoms with E-state index in [-0.39, 0.29) is 24.2 Å². The highest BCUT2D eigenvalue weighted by molar-refractivity contribution is 6.03. The Bertz CT molecular complexity index is 779. The van der Waals surface area contributed by atoms with Gasteiger partial charge in [-0.2, -0.15) is 0 Å². The summed E-state index contributed by atoms with van der Waals surface area (Å²) in [5.41, 5.74) is 3.66. The highest BCUT2D eigenvalue weighted by atomic mass is 16.5. The maximum Gasteiger partial charge on any atom is 0.229 e. The van der Waals surface area contributed by atoms with Crippen LogP contribution in [0.3, 0.4) is 0 Å². The van der Waals surface area contributed by atoms with Crippen molar-refractivity contribution in [3.05, 3.63) is 53.6 Å². The molecular weight excluding hydrogens is 316 g/mol. The lowest BCUT2D eigenvalue weighted by molar-refractivity contribution is -0.122. The average Bonchev–Trinajstić information content (AvgIpc) is 3.00. The minimum atomic E-state index is -0.353. The molecule has 0 spiro atoms. The van der Waals surface area contributed by atoms with Crippen molar-refractivity contribution in [3.63, 3.8) is 0 Å². The number of nitrogens with zero attached hydrogens (tertiary/aromatic N) is 1. The first-order chi connectivity index (χ1) is 12.0. The predicted molar refractivity (Wildman–Crippen MR) is 98.0 cm³/mol. The Balaban J connectivity index is 1.72. The first-order valence-electron chi connectivity index (χ1n) is 8.31. The van der Waals surface area contributed by atoms with Crippen LogP contribution in [-0.4, -0.2) is 25.5 Å². The number of amides is 2. The van der Waals surface area contributed by atoms with E-state index >= 15 is 0 Å². The molecule has 1 saturated heterocycles. The molecule has 2 aromatic rings. The largest absolute Gasteiger partial charge is 0.497 e. The molecule has 0 bridgehead atoms. The van der Waals surface area contributed by atoms with Crippen LogP contribution in [0.1, 0.15) is 17.5 Å². The first-order valence-corrected chi connectivity index (χ1v) is 8.31. The van der Waals surface area contributed by atoms with Crippen molar-refractivity contribution in [2.24, 2.45) is 5.92 Å². The topological polar surface area (TPSA) is 58.6 Å². The average molecular weight is 338 g/mol. The van der Waals surface area contributed by atoms with Crippen molar-refractivity contribution in [2.45, 2.75) is 20.3 Å². The van der Waals surface area contributed by atoms with E-state index in [1.807, 2.05) is 56.3 Å². The van der Waals surface area contributed by atoms with Gasteiger partial charge in [0, 0.05) is 24.3 Å². The van der Waals surface area contributed by atoms with Crippen LogP contribution in [0, 0.1) is 19.8 Å². The van der Waals surface area contributed by atoms with Crippen molar-refractivity contribution in [1.29, 1.82) is 0 Å². The Morgan fingerprint density at radius 2 is 1.76 bits per heavy atom. The highest BCUT2D eigenvalue weighted by Gasteiger charge is 2.35.